The van der Waals surface area contributed by atoms with Gasteiger partial charge in [-0.2, -0.15) is 0 Å². The lowest BCUT2D eigenvalue weighted by Gasteiger charge is -2.11. The minimum Gasteiger partial charge on any atom is -0.493 e. The highest BCUT2D eigenvalue weighted by Crippen LogP contribution is 2.27. The summed E-state index contributed by atoms with van der Waals surface area (Å²) in [5, 5.41) is 2.24. The van der Waals surface area contributed by atoms with Gasteiger partial charge in [0.1, 0.15) is 11.6 Å². The zero-order chi connectivity index (χ0) is 24.0. The molecule has 0 aliphatic carbocycles. The third-order valence-corrected chi connectivity index (χ3v) is 6.23. The highest BCUT2D eigenvalue weighted by Gasteiger charge is 2.18. The zero-order valence-electron chi connectivity index (χ0n) is 17.9. The van der Waals surface area contributed by atoms with Crippen LogP contribution in [0.1, 0.15) is 15.9 Å². The predicted octanol–water partition coefficient (Wildman–Crippen LogP) is 3.76. The van der Waals surface area contributed by atoms with Crippen molar-refractivity contribution in [3.8, 4) is 11.5 Å². The van der Waals surface area contributed by atoms with E-state index in [2.05, 4.69) is 10.0 Å². The Morgan fingerprint density at radius 2 is 1.64 bits per heavy atom. The van der Waals surface area contributed by atoms with Gasteiger partial charge in [0, 0.05) is 6.54 Å². The van der Waals surface area contributed by atoms with Crippen molar-refractivity contribution in [2.24, 2.45) is 0 Å². The molecule has 10 heteroatoms. The molecule has 0 heterocycles. The number of amides is 1. The van der Waals surface area contributed by atoms with E-state index in [-0.39, 0.29) is 22.7 Å². The Balaban J connectivity index is 1.66. The fourth-order valence-electron chi connectivity index (χ4n) is 3.05. The first kappa shape index (κ1) is 24.1. The van der Waals surface area contributed by atoms with Crippen molar-refractivity contribution in [1.29, 1.82) is 0 Å². The Hall–Kier alpha value is -3.50. The molecule has 1 amide bonds. The maximum absolute atomic E-state index is 14.5. The van der Waals surface area contributed by atoms with Gasteiger partial charge < -0.3 is 14.8 Å². The number of methoxy groups -OCH3 is 2. The third kappa shape index (κ3) is 5.85. The van der Waals surface area contributed by atoms with Crippen LogP contribution in [0.2, 0.25) is 0 Å². The van der Waals surface area contributed by atoms with Gasteiger partial charge in [-0.05, 0) is 54.4 Å². The molecule has 0 radical (unpaired) electrons. The van der Waals surface area contributed by atoms with Crippen LogP contribution < -0.4 is 19.5 Å². The Labute approximate surface area is 190 Å². The summed E-state index contributed by atoms with van der Waals surface area (Å²) in [6, 6.07) is 13.5. The lowest BCUT2D eigenvalue weighted by atomic mass is 10.1. The van der Waals surface area contributed by atoms with Gasteiger partial charge in [0.25, 0.3) is 5.91 Å². The Kier molecular flexibility index (Phi) is 7.62. The molecule has 0 aromatic heterocycles. The molecule has 2 N–H and O–H groups in total. The number of anilines is 1. The minimum atomic E-state index is -4.00. The molecule has 3 aromatic rings. The SMILES string of the molecule is COc1ccc(CCNS(=O)(=O)c2ccc(NC(=O)c3ccccc3F)c(F)c2)cc1OC. The van der Waals surface area contributed by atoms with Gasteiger partial charge in [0.2, 0.25) is 10.0 Å². The Morgan fingerprint density at radius 1 is 0.909 bits per heavy atom. The summed E-state index contributed by atoms with van der Waals surface area (Å²) in [5.41, 5.74) is 0.283. The summed E-state index contributed by atoms with van der Waals surface area (Å²) in [6.45, 7) is 0.0607. The summed E-state index contributed by atoms with van der Waals surface area (Å²) in [7, 11) is -0.988. The molecule has 0 aliphatic heterocycles. The summed E-state index contributed by atoms with van der Waals surface area (Å²) >= 11 is 0. The number of benzene rings is 3. The summed E-state index contributed by atoms with van der Waals surface area (Å²) in [4.78, 5) is 11.9. The van der Waals surface area contributed by atoms with Gasteiger partial charge in [0.05, 0.1) is 30.4 Å². The van der Waals surface area contributed by atoms with Crippen LogP contribution in [0.4, 0.5) is 14.5 Å². The van der Waals surface area contributed by atoms with Crippen molar-refractivity contribution >= 4 is 21.6 Å². The Bertz CT molecular complexity index is 1270. The number of carbonyl (C=O) groups is 1. The van der Waals surface area contributed by atoms with E-state index in [1.54, 1.807) is 18.2 Å². The van der Waals surface area contributed by atoms with E-state index < -0.39 is 27.6 Å². The van der Waals surface area contributed by atoms with Crippen molar-refractivity contribution in [3.05, 3.63) is 83.4 Å². The molecule has 0 saturated heterocycles. The molecule has 0 spiro atoms. The lowest BCUT2D eigenvalue weighted by molar-refractivity contribution is 0.102. The van der Waals surface area contributed by atoms with Crippen LogP contribution in [0.25, 0.3) is 0 Å². The molecule has 0 atom stereocenters. The van der Waals surface area contributed by atoms with Crippen molar-refractivity contribution < 1.29 is 31.5 Å². The predicted molar refractivity (Wildman–Crippen MR) is 119 cm³/mol. The molecule has 33 heavy (non-hydrogen) atoms. The van der Waals surface area contributed by atoms with E-state index in [1.165, 1.54) is 32.4 Å². The van der Waals surface area contributed by atoms with Gasteiger partial charge >= 0.3 is 0 Å². The number of hydrogen-bond acceptors (Lipinski definition) is 5. The van der Waals surface area contributed by atoms with Crippen LogP contribution in [0.3, 0.4) is 0 Å². The lowest BCUT2D eigenvalue weighted by Crippen LogP contribution is -2.26. The van der Waals surface area contributed by atoms with Crippen LogP contribution in [0.5, 0.6) is 11.5 Å². The fraction of sp³-hybridized carbons (Fsp3) is 0.174. The van der Waals surface area contributed by atoms with Gasteiger partial charge in [-0.1, -0.05) is 18.2 Å². The van der Waals surface area contributed by atoms with E-state index >= 15 is 0 Å². The fourth-order valence-corrected chi connectivity index (χ4v) is 4.09. The van der Waals surface area contributed by atoms with Crippen molar-refractivity contribution in [3.63, 3.8) is 0 Å². The average molecular weight is 477 g/mol. The average Bonchev–Trinajstić information content (AvgIpc) is 2.80. The Morgan fingerprint density at radius 3 is 2.30 bits per heavy atom. The highest BCUT2D eigenvalue weighted by molar-refractivity contribution is 7.89. The molecule has 7 nitrogen and oxygen atoms in total. The van der Waals surface area contributed by atoms with Gasteiger partial charge in [-0.15, -0.1) is 0 Å². The molecule has 0 unspecified atom stereocenters. The van der Waals surface area contributed by atoms with Crippen LogP contribution in [-0.2, 0) is 16.4 Å². The minimum absolute atomic E-state index is 0.0607. The van der Waals surface area contributed by atoms with Gasteiger partial charge in [-0.25, -0.2) is 21.9 Å². The van der Waals surface area contributed by atoms with E-state index in [0.717, 1.165) is 29.8 Å². The first-order chi connectivity index (χ1) is 15.7. The summed E-state index contributed by atoms with van der Waals surface area (Å²) in [6.07, 6.45) is 0.360. The largest absolute Gasteiger partial charge is 0.493 e. The molecule has 0 aliphatic rings. The second-order valence-corrected chi connectivity index (χ2v) is 8.68. The highest BCUT2D eigenvalue weighted by atomic mass is 32.2. The molecule has 0 saturated carbocycles. The van der Waals surface area contributed by atoms with Crippen LogP contribution in [0.15, 0.2) is 65.6 Å². The van der Waals surface area contributed by atoms with Crippen molar-refractivity contribution in [1.82, 2.24) is 4.72 Å². The zero-order valence-corrected chi connectivity index (χ0v) is 18.7. The smallest absolute Gasteiger partial charge is 0.258 e. The standard InChI is InChI=1S/C23H22F2N2O5S/c1-31-21-10-7-15(13-22(21)32-2)11-12-26-33(29,30)16-8-9-20(19(25)14-16)27-23(28)17-5-3-4-6-18(17)24/h3-10,13-14,26H,11-12H2,1-2H3,(H,27,28). The molecule has 3 rings (SSSR count). The molecule has 3 aromatic carbocycles. The number of ether oxygens (including phenoxy) is 2. The number of rotatable bonds is 9. The maximum Gasteiger partial charge on any atom is 0.258 e. The van der Waals surface area contributed by atoms with E-state index in [4.69, 9.17) is 9.47 Å². The second-order valence-electron chi connectivity index (χ2n) is 6.91. The van der Waals surface area contributed by atoms with E-state index in [9.17, 15) is 22.0 Å². The van der Waals surface area contributed by atoms with Crippen molar-refractivity contribution in [2.75, 3.05) is 26.1 Å². The monoisotopic (exact) mass is 476 g/mol. The second kappa shape index (κ2) is 10.4. The number of carbonyl (C=O) groups excluding carboxylic acids is 1. The number of sulfonamides is 1. The van der Waals surface area contributed by atoms with Gasteiger partial charge in [0.15, 0.2) is 11.5 Å². The van der Waals surface area contributed by atoms with E-state index in [1.807, 2.05) is 0 Å². The first-order valence-electron chi connectivity index (χ1n) is 9.81. The quantitative estimate of drug-likeness (QED) is 0.491. The van der Waals surface area contributed by atoms with Gasteiger partial charge in [-0.3, -0.25) is 4.79 Å². The molecule has 0 fully saturated rings. The van der Waals surface area contributed by atoms with Crippen LogP contribution >= 0.6 is 0 Å². The number of hydrogen-bond donors (Lipinski definition) is 2. The summed E-state index contributed by atoms with van der Waals surface area (Å²) < 4.78 is 66.1. The first-order valence-corrected chi connectivity index (χ1v) is 11.3. The molecular formula is C23H22F2N2O5S. The van der Waals surface area contributed by atoms with Crippen LogP contribution in [0, 0.1) is 11.6 Å². The molecule has 174 valence electrons. The molecular weight excluding hydrogens is 454 g/mol. The third-order valence-electron chi connectivity index (χ3n) is 4.77. The van der Waals surface area contributed by atoms with Crippen LogP contribution in [-0.4, -0.2) is 35.1 Å². The summed E-state index contributed by atoms with van der Waals surface area (Å²) in [5.74, 6) is -1.50. The number of nitrogens with one attached hydrogen (secondary N) is 2. The van der Waals surface area contributed by atoms with Crippen molar-refractivity contribution in [2.45, 2.75) is 11.3 Å². The topological polar surface area (TPSA) is 93.7 Å². The molecule has 0 bridgehead atoms. The van der Waals surface area contributed by atoms with E-state index in [0.29, 0.717) is 17.9 Å². The maximum atomic E-state index is 14.5. The number of halogens is 2. The normalized spacial score (nSPS) is 11.2.